The molecule has 12 heavy (non-hydrogen) atoms. The van der Waals surface area contributed by atoms with Crippen LogP contribution in [0.1, 0.15) is 0 Å². The first kappa shape index (κ1) is 7.24. The molecule has 0 aliphatic carbocycles. The Hall–Kier alpha value is -1.42. The summed E-state index contributed by atoms with van der Waals surface area (Å²) in [6.07, 6.45) is 0. The Morgan fingerprint density at radius 3 is 2.50 bits per heavy atom. The van der Waals surface area contributed by atoms with Crippen molar-refractivity contribution in [3.8, 4) is 11.4 Å². The highest BCUT2D eigenvalue weighted by atomic mass is 35.5. The number of benzene rings is 1. The lowest BCUT2D eigenvalue weighted by Gasteiger charge is -1.89. The summed E-state index contributed by atoms with van der Waals surface area (Å²) < 4.78 is 0.919. The van der Waals surface area contributed by atoms with Crippen LogP contribution in [0.3, 0.4) is 0 Å². The van der Waals surface area contributed by atoms with E-state index in [0.29, 0.717) is 5.82 Å². The second kappa shape index (κ2) is 2.91. The van der Waals surface area contributed by atoms with Crippen LogP contribution in [0.2, 0.25) is 0 Å². The van der Waals surface area contributed by atoms with Crippen molar-refractivity contribution >= 4 is 11.8 Å². The smallest absolute Gasteiger partial charge is 0.114 e. The summed E-state index contributed by atoms with van der Waals surface area (Å²) in [5.74, 6) is 0.533. The van der Waals surface area contributed by atoms with E-state index in [1.807, 2.05) is 30.3 Å². The van der Waals surface area contributed by atoms with Crippen LogP contribution in [0.4, 0.5) is 0 Å². The van der Waals surface area contributed by atoms with Crippen LogP contribution >= 0.6 is 11.8 Å². The summed E-state index contributed by atoms with van der Waals surface area (Å²) in [6.45, 7) is 0. The molecule has 0 amide bonds. The van der Waals surface area contributed by atoms with Gasteiger partial charge in [-0.1, -0.05) is 34.6 Å². The molecule has 60 valence electrons. The maximum absolute atomic E-state index is 5.44. The number of nitrogens with zero attached hydrogens (tertiary/aromatic N) is 4. The summed E-state index contributed by atoms with van der Waals surface area (Å²) in [4.78, 5) is 0. The van der Waals surface area contributed by atoms with Gasteiger partial charge in [-0.05, 0) is 5.21 Å². The molecule has 0 bridgehead atoms. The third kappa shape index (κ3) is 1.29. The molecular weight excluding hydrogens is 176 g/mol. The van der Waals surface area contributed by atoms with Gasteiger partial charge in [0.25, 0.3) is 0 Å². The van der Waals surface area contributed by atoms with Crippen LogP contribution in [0, 0.1) is 0 Å². The fourth-order valence-corrected chi connectivity index (χ4v) is 1.01. The Morgan fingerprint density at radius 1 is 1.17 bits per heavy atom. The fourth-order valence-electron chi connectivity index (χ4n) is 0.900. The van der Waals surface area contributed by atoms with Gasteiger partial charge in [-0.15, -0.1) is 10.2 Å². The van der Waals surface area contributed by atoms with Gasteiger partial charge in [0, 0.05) is 5.56 Å². The topological polar surface area (TPSA) is 43.6 Å². The second-order valence-electron chi connectivity index (χ2n) is 2.22. The van der Waals surface area contributed by atoms with Crippen molar-refractivity contribution in [3.05, 3.63) is 30.3 Å². The number of hydrogen-bond acceptors (Lipinski definition) is 3. The SMILES string of the molecule is Cln1nnc(-c2ccccc2)n1. The van der Waals surface area contributed by atoms with Crippen LogP contribution in [0.15, 0.2) is 30.3 Å². The van der Waals surface area contributed by atoms with Gasteiger partial charge in [-0.2, -0.15) is 0 Å². The molecule has 0 saturated heterocycles. The molecule has 5 heteroatoms. The molecular formula is C7H5ClN4. The van der Waals surface area contributed by atoms with Crippen molar-refractivity contribution in [1.82, 2.24) is 19.7 Å². The zero-order valence-electron chi connectivity index (χ0n) is 6.05. The van der Waals surface area contributed by atoms with Gasteiger partial charge < -0.3 is 0 Å². The maximum Gasteiger partial charge on any atom is 0.206 e. The number of hydrogen-bond donors (Lipinski definition) is 0. The van der Waals surface area contributed by atoms with Gasteiger partial charge >= 0.3 is 0 Å². The summed E-state index contributed by atoms with van der Waals surface area (Å²) in [7, 11) is 0. The molecule has 0 aliphatic rings. The van der Waals surface area contributed by atoms with Crippen molar-refractivity contribution in [2.75, 3.05) is 0 Å². The molecule has 0 atom stereocenters. The van der Waals surface area contributed by atoms with E-state index in [0.717, 1.165) is 9.88 Å². The van der Waals surface area contributed by atoms with Crippen molar-refractivity contribution in [2.45, 2.75) is 0 Å². The lowest BCUT2D eigenvalue weighted by Crippen LogP contribution is -1.83. The quantitative estimate of drug-likeness (QED) is 0.665. The summed E-state index contributed by atoms with van der Waals surface area (Å²) in [5, 5.41) is 11.1. The number of aromatic nitrogens is 4. The third-order valence-corrected chi connectivity index (χ3v) is 1.57. The van der Waals surface area contributed by atoms with E-state index >= 15 is 0 Å². The summed E-state index contributed by atoms with van der Waals surface area (Å²) in [5.41, 5.74) is 0.907. The number of rotatable bonds is 1. The Morgan fingerprint density at radius 2 is 1.92 bits per heavy atom. The first-order valence-corrected chi connectivity index (χ1v) is 3.71. The average molecular weight is 181 g/mol. The molecule has 0 radical (unpaired) electrons. The zero-order chi connectivity index (χ0) is 8.39. The Bertz CT molecular complexity index is 370. The normalized spacial score (nSPS) is 10.1. The third-order valence-electron chi connectivity index (χ3n) is 1.42. The molecule has 1 aromatic heterocycles. The van der Waals surface area contributed by atoms with Gasteiger partial charge in [0.05, 0.1) is 11.8 Å². The average Bonchev–Trinajstić information content (AvgIpc) is 2.54. The zero-order valence-corrected chi connectivity index (χ0v) is 6.81. The Labute approximate surface area is 73.9 Å². The lowest BCUT2D eigenvalue weighted by molar-refractivity contribution is 0.804. The maximum atomic E-state index is 5.44. The van der Waals surface area contributed by atoms with Gasteiger partial charge in [0.1, 0.15) is 0 Å². The van der Waals surface area contributed by atoms with Gasteiger partial charge in [0.2, 0.25) is 5.82 Å². The minimum atomic E-state index is 0.533. The first-order chi connectivity index (χ1) is 5.86. The van der Waals surface area contributed by atoms with Crippen molar-refractivity contribution < 1.29 is 0 Å². The van der Waals surface area contributed by atoms with Crippen LogP contribution in [0.25, 0.3) is 11.4 Å². The van der Waals surface area contributed by atoms with E-state index in [4.69, 9.17) is 11.8 Å². The predicted molar refractivity (Wildman–Crippen MR) is 44.5 cm³/mol. The highest BCUT2D eigenvalue weighted by Crippen LogP contribution is 2.11. The molecule has 0 aliphatic heterocycles. The van der Waals surface area contributed by atoms with Crippen LogP contribution < -0.4 is 0 Å². The number of tetrazole rings is 1. The standard InChI is InChI=1S/C7H5ClN4/c8-12-10-7(9-11-12)6-4-2-1-3-5-6/h1-5H. The van der Waals surface area contributed by atoms with E-state index in [-0.39, 0.29) is 0 Å². The van der Waals surface area contributed by atoms with Crippen molar-refractivity contribution in [3.63, 3.8) is 0 Å². The van der Waals surface area contributed by atoms with Gasteiger partial charge in [-0.25, -0.2) is 0 Å². The summed E-state index contributed by atoms with van der Waals surface area (Å²) >= 11 is 5.44. The number of halogens is 1. The minimum Gasteiger partial charge on any atom is -0.114 e. The first-order valence-electron chi connectivity index (χ1n) is 3.38. The summed E-state index contributed by atoms with van der Waals surface area (Å²) in [6, 6.07) is 9.53. The van der Waals surface area contributed by atoms with E-state index in [1.54, 1.807) is 0 Å². The van der Waals surface area contributed by atoms with Crippen molar-refractivity contribution in [1.29, 1.82) is 0 Å². The molecule has 1 heterocycles. The largest absolute Gasteiger partial charge is 0.206 e. The monoisotopic (exact) mass is 180 g/mol. The minimum absolute atomic E-state index is 0.533. The van der Waals surface area contributed by atoms with Crippen LogP contribution in [0.5, 0.6) is 0 Å². The molecule has 0 N–H and O–H groups in total. The van der Waals surface area contributed by atoms with E-state index in [1.165, 1.54) is 0 Å². The lowest BCUT2D eigenvalue weighted by atomic mass is 10.2. The van der Waals surface area contributed by atoms with Crippen LogP contribution in [-0.2, 0) is 0 Å². The highest BCUT2D eigenvalue weighted by molar-refractivity contribution is 6.14. The predicted octanol–water partition coefficient (Wildman–Crippen LogP) is 1.34. The molecule has 4 nitrogen and oxygen atoms in total. The molecule has 2 rings (SSSR count). The highest BCUT2D eigenvalue weighted by Gasteiger charge is 2.02. The molecule has 0 fully saturated rings. The molecule has 0 unspecified atom stereocenters. The molecule has 1 aromatic carbocycles. The second-order valence-corrected chi connectivity index (χ2v) is 2.52. The van der Waals surface area contributed by atoms with Gasteiger partial charge in [-0.3, -0.25) is 0 Å². The van der Waals surface area contributed by atoms with Gasteiger partial charge in [0.15, 0.2) is 0 Å². The molecule has 0 saturated carbocycles. The molecule has 0 spiro atoms. The van der Waals surface area contributed by atoms with E-state index < -0.39 is 0 Å². The van der Waals surface area contributed by atoms with E-state index in [2.05, 4.69) is 15.4 Å². The fraction of sp³-hybridized carbons (Fsp3) is 0. The Balaban J connectivity index is 2.45. The van der Waals surface area contributed by atoms with Crippen LogP contribution in [-0.4, -0.2) is 19.7 Å². The molecule has 2 aromatic rings. The van der Waals surface area contributed by atoms with Crippen molar-refractivity contribution in [2.24, 2.45) is 0 Å². The Kier molecular flexibility index (Phi) is 1.75. The van der Waals surface area contributed by atoms with E-state index in [9.17, 15) is 0 Å².